The average Bonchev–Trinajstić information content (AvgIpc) is 2.68. The van der Waals surface area contributed by atoms with Gasteiger partial charge >= 0.3 is 0 Å². The van der Waals surface area contributed by atoms with Crippen LogP contribution in [0.3, 0.4) is 0 Å². The molecule has 1 amide bonds. The summed E-state index contributed by atoms with van der Waals surface area (Å²) in [4.78, 5) is 30.3. The summed E-state index contributed by atoms with van der Waals surface area (Å²) in [5.41, 5.74) is 9.19. The summed E-state index contributed by atoms with van der Waals surface area (Å²) < 4.78 is 5.40. The van der Waals surface area contributed by atoms with Crippen molar-refractivity contribution in [2.45, 2.75) is 0 Å². The van der Waals surface area contributed by atoms with Crippen molar-refractivity contribution in [1.82, 2.24) is 19.9 Å². The van der Waals surface area contributed by atoms with Gasteiger partial charge in [-0.1, -0.05) is 12.1 Å². The van der Waals surface area contributed by atoms with Crippen LogP contribution in [0.15, 0.2) is 30.5 Å². The molecule has 4 rings (SSSR count). The quantitative estimate of drug-likeness (QED) is 0.670. The molecule has 0 atom stereocenters. The largest absolute Gasteiger partial charge is 0.378 e. The van der Waals surface area contributed by atoms with Crippen molar-refractivity contribution in [3.05, 3.63) is 30.5 Å². The lowest BCUT2D eigenvalue weighted by Crippen LogP contribution is -2.37. The van der Waals surface area contributed by atoms with Crippen LogP contribution in [0.25, 0.3) is 22.4 Å². The molecule has 9 heteroatoms. The van der Waals surface area contributed by atoms with Gasteiger partial charge in [0, 0.05) is 24.3 Å². The van der Waals surface area contributed by atoms with Gasteiger partial charge in [-0.2, -0.15) is 9.97 Å². The maximum absolute atomic E-state index is 10.5. The molecular formula is C17H17N7O2. The Morgan fingerprint density at radius 2 is 1.88 bits per heavy atom. The van der Waals surface area contributed by atoms with Gasteiger partial charge in [-0.25, -0.2) is 9.97 Å². The van der Waals surface area contributed by atoms with E-state index in [2.05, 4.69) is 25.2 Å². The van der Waals surface area contributed by atoms with Crippen LogP contribution in [0.4, 0.5) is 17.5 Å². The third kappa shape index (κ3) is 3.11. The molecule has 1 aliphatic rings. The van der Waals surface area contributed by atoms with Gasteiger partial charge in [0.15, 0.2) is 17.0 Å². The number of nitrogens with two attached hydrogens (primary N) is 1. The molecule has 1 aliphatic heterocycles. The minimum Gasteiger partial charge on any atom is -0.378 e. The fourth-order valence-corrected chi connectivity index (χ4v) is 2.85. The number of benzene rings is 1. The number of hydrogen-bond donors (Lipinski definition) is 2. The number of morpholine rings is 1. The Morgan fingerprint density at radius 1 is 1.12 bits per heavy atom. The van der Waals surface area contributed by atoms with Crippen LogP contribution in [-0.4, -0.2) is 52.6 Å². The van der Waals surface area contributed by atoms with Gasteiger partial charge in [0.05, 0.1) is 25.1 Å². The highest BCUT2D eigenvalue weighted by atomic mass is 16.5. The molecule has 3 N–H and O–H groups in total. The Hall–Kier alpha value is -3.33. The Morgan fingerprint density at radius 3 is 2.62 bits per heavy atom. The summed E-state index contributed by atoms with van der Waals surface area (Å²) in [5, 5.41) is 2.61. The van der Waals surface area contributed by atoms with Crippen LogP contribution < -0.4 is 16.0 Å². The second-order valence-corrected chi connectivity index (χ2v) is 5.77. The Bertz CT molecular complexity index is 940. The van der Waals surface area contributed by atoms with Gasteiger partial charge in [-0.3, -0.25) is 4.79 Å². The van der Waals surface area contributed by atoms with E-state index < -0.39 is 0 Å². The van der Waals surface area contributed by atoms with Crippen molar-refractivity contribution in [2.24, 2.45) is 0 Å². The van der Waals surface area contributed by atoms with Crippen molar-refractivity contribution in [2.75, 3.05) is 42.3 Å². The second kappa shape index (κ2) is 6.89. The molecule has 132 valence electrons. The van der Waals surface area contributed by atoms with Crippen LogP contribution in [-0.2, 0) is 9.53 Å². The van der Waals surface area contributed by atoms with Gasteiger partial charge in [0.1, 0.15) is 0 Å². The maximum atomic E-state index is 10.5. The number of amides is 1. The molecule has 0 unspecified atom stereocenters. The molecule has 3 heterocycles. The monoisotopic (exact) mass is 351 g/mol. The first-order chi connectivity index (χ1) is 12.7. The molecule has 0 spiro atoms. The summed E-state index contributed by atoms with van der Waals surface area (Å²) in [7, 11) is 0. The predicted octanol–water partition coefficient (Wildman–Crippen LogP) is 1.07. The number of rotatable bonds is 4. The highest BCUT2D eigenvalue weighted by molar-refractivity contribution is 5.86. The van der Waals surface area contributed by atoms with E-state index in [-0.39, 0.29) is 5.95 Å². The van der Waals surface area contributed by atoms with Crippen molar-refractivity contribution >= 4 is 35.0 Å². The molecule has 1 aromatic carbocycles. The van der Waals surface area contributed by atoms with E-state index in [9.17, 15) is 4.79 Å². The summed E-state index contributed by atoms with van der Waals surface area (Å²) >= 11 is 0. The smallest absolute Gasteiger partial charge is 0.224 e. The number of nitrogens with zero attached hydrogens (tertiary/aromatic N) is 5. The lowest BCUT2D eigenvalue weighted by Gasteiger charge is -2.28. The van der Waals surface area contributed by atoms with Gasteiger partial charge in [0.25, 0.3) is 0 Å². The van der Waals surface area contributed by atoms with Gasteiger partial charge in [-0.05, 0) is 12.1 Å². The van der Waals surface area contributed by atoms with E-state index in [1.165, 1.54) is 0 Å². The number of carbonyl (C=O) groups excluding carboxylic acids is 1. The number of ether oxygens (including phenoxy) is 1. The Kier molecular flexibility index (Phi) is 4.28. The normalized spacial score (nSPS) is 14.4. The lowest BCUT2D eigenvalue weighted by molar-refractivity contribution is -0.105. The molecular weight excluding hydrogens is 334 g/mol. The topological polar surface area (TPSA) is 119 Å². The summed E-state index contributed by atoms with van der Waals surface area (Å²) in [6.45, 7) is 2.68. The standard InChI is InChI=1S/C17H17N7O2/c18-17-22-15-14(16(23-17)24-5-7-26-8-6-24)21-13(9-19-15)11-1-3-12(4-2-11)20-10-25/h1-4,9-10H,5-8H2,(H,20,25)(H2,18,19,22,23). The zero-order valence-electron chi connectivity index (χ0n) is 13.9. The van der Waals surface area contributed by atoms with Crippen molar-refractivity contribution < 1.29 is 9.53 Å². The van der Waals surface area contributed by atoms with Crippen molar-refractivity contribution in [3.63, 3.8) is 0 Å². The van der Waals surface area contributed by atoms with Crippen LogP contribution in [0.2, 0.25) is 0 Å². The molecule has 1 saturated heterocycles. The SMILES string of the molecule is Nc1nc(N2CCOCC2)c2nc(-c3ccc(NC=O)cc3)cnc2n1. The van der Waals surface area contributed by atoms with E-state index in [0.29, 0.717) is 61.1 Å². The third-order valence-corrected chi connectivity index (χ3v) is 4.12. The average molecular weight is 351 g/mol. The summed E-state index contributed by atoms with van der Waals surface area (Å²) in [6.07, 6.45) is 2.29. The lowest BCUT2D eigenvalue weighted by atomic mass is 10.1. The van der Waals surface area contributed by atoms with Crippen LogP contribution in [0, 0.1) is 0 Å². The van der Waals surface area contributed by atoms with Gasteiger partial charge in [-0.15, -0.1) is 0 Å². The molecule has 0 radical (unpaired) electrons. The molecule has 0 aliphatic carbocycles. The number of hydrogen-bond acceptors (Lipinski definition) is 8. The van der Waals surface area contributed by atoms with E-state index in [0.717, 1.165) is 5.56 Å². The highest BCUT2D eigenvalue weighted by Crippen LogP contribution is 2.26. The van der Waals surface area contributed by atoms with Gasteiger partial charge < -0.3 is 20.7 Å². The molecule has 3 aromatic rings. The summed E-state index contributed by atoms with van der Waals surface area (Å²) in [6, 6.07) is 7.35. The van der Waals surface area contributed by atoms with Crippen LogP contribution in [0.1, 0.15) is 0 Å². The zero-order valence-corrected chi connectivity index (χ0v) is 13.9. The molecule has 0 bridgehead atoms. The first kappa shape index (κ1) is 16.2. The first-order valence-electron chi connectivity index (χ1n) is 8.18. The summed E-state index contributed by atoms with van der Waals surface area (Å²) in [5.74, 6) is 0.842. The molecule has 2 aromatic heterocycles. The molecule has 26 heavy (non-hydrogen) atoms. The van der Waals surface area contributed by atoms with E-state index >= 15 is 0 Å². The molecule has 9 nitrogen and oxygen atoms in total. The fourth-order valence-electron chi connectivity index (χ4n) is 2.85. The molecule has 1 fully saturated rings. The van der Waals surface area contributed by atoms with Crippen molar-refractivity contribution in [1.29, 1.82) is 0 Å². The zero-order chi connectivity index (χ0) is 17.9. The van der Waals surface area contributed by atoms with E-state index in [4.69, 9.17) is 15.5 Å². The minimum atomic E-state index is 0.172. The second-order valence-electron chi connectivity index (χ2n) is 5.77. The Balaban J connectivity index is 1.77. The predicted molar refractivity (Wildman–Crippen MR) is 97.7 cm³/mol. The number of carbonyl (C=O) groups is 1. The number of nitrogens with one attached hydrogen (secondary N) is 1. The Labute approximate surface area is 149 Å². The maximum Gasteiger partial charge on any atom is 0.224 e. The minimum absolute atomic E-state index is 0.172. The van der Waals surface area contributed by atoms with Crippen LogP contribution in [0.5, 0.6) is 0 Å². The number of nitrogen functional groups attached to an aromatic ring is 1. The first-order valence-corrected chi connectivity index (χ1v) is 8.18. The van der Waals surface area contributed by atoms with Gasteiger partial charge in [0.2, 0.25) is 12.4 Å². The number of anilines is 3. The van der Waals surface area contributed by atoms with Crippen molar-refractivity contribution in [3.8, 4) is 11.3 Å². The third-order valence-electron chi connectivity index (χ3n) is 4.12. The van der Waals surface area contributed by atoms with E-state index in [1.54, 1.807) is 18.3 Å². The van der Waals surface area contributed by atoms with E-state index in [1.807, 2.05) is 12.1 Å². The number of aromatic nitrogens is 4. The highest BCUT2D eigenvalue weighted by Gasteiger charge is 2.19. The number of fused-ring (bicyclic) bond motifs is 1. The molecule has 0 saturated carbocycles. The van der Waals surface area contributed by atoms with Crippen LogP contribution >= 0.6 is 0 Å². The fraction of sp³-hybridized carbons (Fsp3) is 0.235.